The summed E-state index contributed by atoms with van der Waals surface area (Å²) in [5.41, 5.74) is 3.60. The lowest BCUT2D eigenvalue weighted by atomic mass is 10.0. The number of halogens is 1. The van der Waals surface area contributed by atoms with Gasteiger partial charge in [-0.3, -0.25) is 4.90 Å². The topological polar surface area (TPSA) is 29.3 Å². The minimum absolute atomic E-state index is 0.428. The van der Waals surface area contributed by atoms with E-state index in [0.717, 1.165) is 29.6 Å². The van der Waals surface area contributed by atoms with Gasteiger partial charge in [-0.15, -0.1) is 0 Å². The Labute approximate surface area is 124 Å². The molecule has 20 heavy (non-hydrogen) atoms. The van der Waals surface area contributed by atoms with Crippen molar-refractivity contribution in [3.8, 4) is 0 Å². The maximum Gasteiger partial charge on any atom is 0.138 e. The molecule has 0 aliphatic carbocycles. The summed E-state index contributed by atoms with van der Waals surface area (Å²) < 4.78 is 5.33. The summed E-state index contributed by atoms with van der Waals surface area (Å²) in [7, 11) is 0. The van der Waals surface area contributed by atoms with Crippen LogP contribution in [0.5, 0.6) is 0 Å². The number of hydrogen-bond acceptors (Lipinski definition) is 3. The highest BCUT2D eigenvalue weighted by molar-refractivity contribution is 6.30. The first-order chi connectivity index (χ1) is 9.65. The summed E-state index contributed by atoms with van der Waals surface area (Å²) >= 11 is 5.95. The van der Waals surface area contributed by atoms with Crippen molar-refractivity contribution in [2.45, 2.75) is 39.3 Å². The zero-order chi connectivity index (χ0) is 14.1. The van der Waals surface area contributed by atoms with E-state index in [9.17, 15) is 0 Å². The Bertz CT molecular complexity index is 572. The van der Waals surface area contributed by atoms with Crippen molar-refractivity contribution in [1.29, 1.82) is 0 Å². The zero-order valence-corrected chi connectivity index (χ0v) is 12.7. The van der Waals surface area contributed by atoms with Gasteiger partial charge in [0.1, 0.15) is 5.76 Å². The largest absolute Gasteiger partial charge is 0.361 e. The van der Waals surface area contributed by atoms with Crippen molar-refractivity contribution in [3.05, 3.63) is 51.9 Å². The molecule has 0 radical (unpaired) electrons. The average molecular weight is 291 g/mol. The van der Waals surface area contributed by atoms with E-state index in [4.69, 9.17) is 16.1 Å². The van der Waals surface area contributed by atoms with E-state index in [1.54, 1.807) is 0 Å². The standard InChI is InChI=1S/C16H19ClN2O/c1-11-16(12(2)20-18-11)15-4-3-9-19(15)10-13-5-7-14(17)8-6-13/h5-8,15H,3-4,9-10H2,1-2H3. The third kappa shape index (κ3) is 2.60. The Hall–Kier alpha value is -1.32. The second-order valence-corrected chi connectivity index (χ2v) is 5.93. The maximum absolute atomic E-state index is 5.95. The quantitative estimate of drug-likeness (QED) is 0.845. The number of benzene rings is 1. The number of hydrogen-bond donors (Lipinski definition) is 0. The van der Waals surface area contributed by atoms with Gasteiger partial charge in [0.05, 0.1) is 5.69 Å². The van der Waals surface area contributed by atoms with Crippen molar-refractivity contribution >= 4 is 11.6 Å². The Morgan fingerprint density at radius 3 is 2.70 bits per heavy atom. The number of aromatic nitrogens is 1. The Morgan fingerprint density at radius 1 is 1.30 bits per heavy atom. The van der Waals surface area contributed by atoms with E-state index in [0.29, 0.717) is 6.04 Å². The van der Waals surface area contributed by atoms with Crippen molar-refractivity contribution < 1.29 is 4.52 Å². The molecule has 1 fully saturated rings. The fourth-order valence-corrected chi connectivity index (χ4v) is 3.26. The van der Waals surface area contributed by atoms with Gasteiger partial charge in [-0.25, -0.2) is 0 Å². The van der Waals surface area contributed by atoms with Gasteiger partial charge >= 0.3 is 0 Å². The van der Waals surface area contributed by atoms with E-state index in [1.807, 2.05) is 26.0 Å². The number of rotatable bonds is 3. The molecule has 0 amide bonds. The Morgan fingerprint density at radius 2 is 2.05 bits per heavy atom. The molecule has 1 aromatic heterocycles. The van der Waals surface area contributed by atoms with E-state index >= 15 is 0 Å². The first kappa shape index (κ1) is 13.7. The summed E-state index contributed by atoms with van der Waals surface area (Å²) in [6.45, 7) is 6.11. The Balaban J connectivity index is 1.81. The normalized spacial score (nSPS) is 19.6. The highest BCUT2D eigenvalue weighted by Crippen LogP contribution is 2.36. The molecule has 0 saturated carbocycles. The molecule has 3 nitrogen and oxygen atoms in total. The van der Waals surface area contributed by atoms with Crippen molar-refractivity contribution in [2.75, 3.05) is 6.54 Å². The fraction of sp³-hybridized carbons (Fsp3) is 0.438. The van der Waals surface area contributed by atoms with Gasteiger partial charge in [0.25, 0.3) is 0 Å². The fourth-order valence-electron chi connectivity index (χ4n) is 3.13. The van der Waals surface area contributed by atoms with Crippen LogP contribution in [0.3, 0.4) is 0 Å². The molecule has 2 aromatic rings. The van der Waals surface area contributed by atoms with E-state index in [1.165, 1.54) is 24.0 Å². The van der Waals surface area contributed by atoms with Gasteiger partial charge in [-0.1, -0.05) is 28.9 Å². The smallest absolute Gasteiger partial charge is 0.138 e. The summed E-state index contributed by atoms with van der Waals surface area (Å²) in [5, 5.41) is 4.88. The molecule has 0 bridgehead atoms. The lowest BCUT2D eigenvalue weighted by Gasteiger charge is -2.24. The van der Waals surface area contributed by atoms with E-state index in [-0.39, 0.29) is 0 Å². The monoisotopic (exact) mass is 290 g/mol. The lowest BCUT2D eigenvalue weighted by Crippen LogP contribution is -2.23. The first-order valence-corrected chi connectivity index (χ1v) is 7.44. The molecule has 1 aromatic carbocycles. The van der Waals surface area contributed by atoms with Gasteiger partial charge in [0.2, 0.25) is 0 Å². The molecule has 1 saturated heterocycles. The summed E-state index contributed by atoms with van der Waals surface area (Å²) in [6.07, 6.45) is 2.40. The average Bonchev–Trinajstić information content (AvgIpc) is 2.99. The van der Waals surface area contributed by atoms with Crippen LogP contribution < -0.4 is 0 Å². The molecule has 1 atom stereocenters. The molecule has 106 valence electrons. The third-order valence-corrected chi connectivity index (χ3v) is 4.34. The molecule has 1 aliphatic heterocycles. The lowest BCUT2D eigenvalue weighted by molar-refractivity contribution is 0.245. The van der Waals surface area contributed by atoms with Crippen LogP contribution in [0.2, 0.25) is 5.02 Å². The van der Waals surface area contributed by atoms with Gasteiger partial charge in [0, 0.05) is 23.2 Å². The van der Waals surface area contributed by atoms with Crippen LogP contribution >= 0.6 is 11.6 Å². The second kappa shape index (κ2) is 5.58. The number of nitrogens with zero attached hydrogens (tertiary/aromatic N) is 2. The molecule has 0 spiro atoms. The first-order valence-electron chi connectivity index (χ1n) is 7.06. The van der Waals surface area contributed by atoms with Crippen LogP contribution in [0.4, 0.5) is 0 Å². The second-order valence-electron chi connectivity index (χ2n) is 5.49. The van der Waals surface area contributed by atoms with Gasteiger partial charge in [0.15, 0.2) is 0 Å². The highest BCUT2D eigenvalue weighted by atomic mass is 35.5. The predicted octanol–water partition coefficient (Wildman–Crippen LogP) is 4.28. The van der Waals surface area contributed by atoms with Crippen molar-refractivity contribution in [1.82, 2.24) is 10.1 Å². The molecule has 4 heteroatoms. The molecule has 1 aliphatic rings. The molecule has 3 rings (SSSR count). The molecular formula is C16H19ClN2O. The van der Waals surface area contributed by atoms with Gasteiger partial charge < -0.3 is 4.52 Å². The minimum Gasteiger partial charge on any atom is -0.361 e. The molecule has 2 heterocycles. The van der Waals surface area contributed by atoms with E-state index in [2.05, 4.69) is 22.2 Å². The van der Waals surface area contributed by atoms with Crippen LogP contribution in [0.25, 0.3) is 0 Å². The van der Waals surface area contributed by atoms with Crippen LogP contribution in [0.1, 0.15) is 41.5 Å². The van der Waals surface area contributed by atoms with Crippen LogP contribution in [0, 0.1) is 13.8 Å². The van der Waals surface area contributed by atoms with Crippen LogP contribution in [-0.4, -0.2) is 16.6 Å². The third-order valence-electron chi connectivity index (χ3n) is 4.08. The summed E-state index contributed by atoms with van der Waals surface area (Å²) in [5.74, 6) is 0.954. The van der Waals surface area contributed by atoms with Crippen LogP contribution in [-0.2, 0) is 6.54 Å². The Kier molecular flexibility index (Phi) is 3.81. The molecule has 1 unspecified atom stereocenters. The van der Waals surface area contributed by atoms with Crippen molar-refractivity contribution in [3.63, 3.8) is 0 Å². The van der Waals surface area contributed by atoms with E-state index < -0.39 is 0 Å². The van der Waals surface area contributed by atoms with Crippen LogP contribution in [0.15, 0.2) is 28.8 Å². The number of aryl methyl sites for hydroxylation is 2. The molecule has 0 N–H and O–H groups in total. The van der Waals surface area contributed by atoms with Crippen molar-refractivity contribution in [2.24, 2.45) is 0 Å². The zero-order valence-electron chi connectivity index (χ0n) is 11.9. The maximum atomic E-state index is 5.95. The van der Waals surface area contributed by atoms with Gasteiger partial charge in [-0.2, -0.15) is 0 Å². The molecular weight excluding hydrogens is 272 g/mol. The predicted molar refractivity (Wildman–Crippen MR) is 79.8 cm³/mol. The minimum atomic E-state index is 0.428. The summed E-state index contributed by atoms with van der Waals surface area (Å²) in [6, 6.07) is 8.54. The number of likely N-dealkylation sites (tertiary alicyclic amines) is 1. The SMILES string of the molecule is Cc1noc(C)c1C1CCCN1Cc1ccc(Cl)cc1. The highest BCUT2D eigenvalue weighted by Gasteiger charge is 2.30. The summed E-state index contributed by atoms with van der Waals surface area (Å²) in [4.78, 5) is 2.51. The van der Waals surface area contributed by atoms with Gasteiger partial charge in [-0.05, 0) is 50.9 Å².